The Morgan fingerprint density at radius 1 is 1.29 bits per heavy atom. The van der Waals surface area contributed by atoms with Gasteiger partial charge in [-0.1, -0.05) is 30.7 Å². The number of carbonyl (C=O) groups is 1. The molecule has 0 radical (unpaired) electrons. The topological polar surface area (TPSA) is 88.0 Å². The number of rotatable bonds is 4. The minimum Gasteiger partial charge on any atom is -0.326 e. The predicted octanol–water partition coefficient (Wildman–Crippen LogP) is 3.21. The molecule has 1 fully saturated rings. The molecule has 0 aliphatic heterocycles. The molecule has 0 spiro atoms. The number of hydrogen-bond donors (Lipinski definition) is 2. The standard InChI is InChI=1S/C18H21N3O3/c1-10(2)9-13-14(18(13,3)4)16(22)19-12-7-5-11(6-8-12)15-20-17(23)24-21-15/h5-9,13-14H,1-4H3,(H,19,22)(H,20,21,23)/t13-,14-/m1/s1. The van der Waals surface area contributed by atoms with Gasteiger partial charge in [0.25, 0.3) is 0 Å². The molecule has 1 aromatic heterocycles. The molecule has 1 aliphatic carbocycles. The quantitative estimate of drug-likeness (QED) is 0.844. The molecule has 2 aromatic rings. The molecule has 2 N–H and O–H groups in total. The zero-order valence-corrected chi connectivity index (χ0v) is 14.2. The summed E-state index contributed by atoms with van der Waals surface area (Å²) in [4.78, 5) is 26.0. The maximum atomic E-state index is 12.5. The van der Waals surface area contributed by atoms with Gasteiger partial charge in [-0.05, 0) is 49.4 Å². The second-order valence-electron chi connectivity index (χ2n) is 7.08. The average Bonchev–Trinajstić information content (AvgIpc) is 2.82. The van der Waals surface area contributed by atoms with E-state index >= 15 is 0 Å². The number of benzene rings is 1. The first-order valence-corrected chi connectivity index (χ1v) is 7.91. The fourth-order valence-electron chi connectivity index (χ4n) is 3.13. The van der Waals surface area contributed by atoms with E-state index in [2.05, 4.69) is 53.8 Å². The molecule has 3 rings (SSSR count). The Kier molecular flexibility index (Phi) is 3.91. The number of H-pyrrole nitrogens is 1. The van der Waals surface area contributed by atoms with E-state index in [0.717, 1.165) is 0 Å². The number of nitrogens with zero attached hydrogens (tertiary/aromatic N) is 1. The molecule has 6 nitrogen and oxygen atoms in total. The van der Waals surface area contributed by atoms with Crippen molar-refractivity contribution in [2.24, 2.45) is 17.3 Å². The molecule has 126 valence electrons. The fourth-order valence-corrected chi connectivity index (χ4v) is 3.13. The molecule has 0 saturated heterocycles. The molecular weight excluding hydrogens is 306 g/mol. The van der Waals surface area contributed by atoms with E-state index in [1.165, 1.54) is 5.57 Å². The van der Waals surface area contributed by atoms with Crippen molar-refractivity contribution < 1.29 is 9.32 Å². The molecule has 1 heterocycles. The first kappa shape index (κ1) is 16.2. The first-order valence-electron chi connectivity index (χ1n) is 7.91. The second-order valence-corrected chi connectivity index (χ2v) is 7.08. The molecule has 6 heteroatoms. The van der Waals surface area contributed by atoms with E-state index in [4.69, 9.17) is 0 Å². The van der Waals surface area contributed by atoms with Crippen molar-refractivity contribution >= 4 is 11.6 Å². The SMILES string of the molecule is CC(C)=C[C@@H]1[C@H](C(=O)Nc2ccc(-c3noc(=O)[nH]3)cc2)C1(C)C. The summed E-state index contributed by atoms with van der Waals surface area (Å²) >= 11 is 0. The lowest BCUT2D eigenvalue weighted by molar-refractivity contribution is -0.118. The summed E-state index contributed by atoms with van der Waals surface area (Å²) < 4.78 is 4.48. The van der Waals surface area contributed by atoms with Crippen LogP contribution in [-0.2, 0) is 4.79 Å². The Labute approximate surface area is 140 Å². The highest BCUT2D eigenvalue weighted by atomic mass is 16.5. The van der Waals surface area contributed by atoms with Gasteiger partial charge in [-0.2, -0.15) is 0 Å². The fraction of sp³-hybridized carbons (Fsp3) is 0.389. The third-order valence-electron chi connectivity index (χ3n) is 4.57. The van der Waals surface area contributed by atoms with Gasteiger partial charge in [0.2, 0.25) is 5.91 Å². The van der Waals surface area contributed by atoms with Gasteiger partial charge in [0, 0.05) is 11.3 Å². The highest BCUT2D eigenvalue weighted by molar-refractivity contribution is 5.95. The van der Waals surface area contributed by atoms with Crippen molar-refractivity contribution in [1.82, 2.24) is 10.1 Å². The number of amides is 1. The van der Waals surface area contributed by atoms with Crippen molar-refractivity contribution in [1.29, 1.82) is 0 Å². The normalized spacial score (nSPS) is 21.2. The summed E-state index contributed by atoms with van der Waals surface area (Å²) in [6.07, 6.45) is 2.17. The number of hydrogen-bond acceptors (Lipinski definition) is 4. The third-order valence-corrected chi connectivity index (χ3v) is 4.57. The molecule has 1 aliphatic rings. The van der Waals surface area contributed by atoms with Gasteiger partial charge in [0.15, 0.2) is 5.82 Å². The minimum atomic E-state index is -0.594. The van der Waals surface area contributed by atoms with Crippen LogP contribution >= 0.6 is 0 Å². The van der Waals surface area contributed by atoms with Gasteiger partial charge < -0.3 is 5.32 Å². The van der Waals surface area contributed by atoms with Crippen molar-refractivity contribution in [2.75, 3.05) is 5.32 Å². The van der Waals surface area contributed by atoms with Crippen LogP contribution in [0.15, 0.2) is 45.2 Å². The first-order chi connectivity index (χ1) is 11.3. The van der Waals surface area contributed by atoms with Gasteiger partial charge in [-0.15, -0.1) is 0 Å². The number of allylic oxidation sites excluding steroid dienone is 2. The van der Waals surface area contributed by atoms with Crippen LogP contribution in [0.4, 0.5) is 5.69 Å². The highest BCUT2D eigenvalue weighted by Gasteiger charge is 2.60. The monoisotopic (exact) mass is 327 g/mol. The van der Waals surface area contributed by atoms with Gasteiger partial charge in [-0.3, -0.25) is 14.3 Å². The minimum absolute atomic E-state index is 0.0124. The summed E-state index contributed by atoms with van der Waals surface area (Å²) in [5, 5.41) is 6.60. The lowest BCUT2D eigenvalue weighted by Crippen LogP contribution is -2.16. The number of aromatic nitrogens is 2. The van der Waals surface area contributed by atoms with E-state index in [9.17, 15) is 9.59 Å². The zero-order valence-electron chi connectivity index (χ0n) is 14.2. The highest BCUT2D eigenvalue weighted by Crippen LogP contribution is 2.59. The average molecular weight is 327 g/mol. The van der Waals surface area contributed by atoms with E-state index < -0.39 is 5.76 Å². The molecule has 1 amide bonds. The number of anilines is 1. The molecule has 24 heavy (non-hydrogen) atoms. The molecule has 0 bridgehead atoms. The maximum Gasteiger partial charge on any atom is 0.439 e. The van der Waals surface area contributed by atoms with E-state index in [1.807, 2.05) is 0 Å². The Morgan fingerprint density at radius 2 is 1.96 bits per heavy atom. The molecule has 1 saturated carbocycles. The molecule has 2 atom stereocenters. The third kappa shape index (κ3) is 3.04. The second kappa shape index (κ2) is 5.78. The van der Waals surface area contributed by atoms with Crippen LogP contribution in [0.2, 0.25) is 0 Å². The zero-order chi connectivity index (χ0) is 17.5. The molecular formula is C18H21N3O3. The van der Waals surface area contributed by atoms with Crippen molar-refractivity contribution in [3.63, 3.8) is 0 Å². The summed E-state index contributed by atoms with van der Waals surface area (Å²) in [5.74, 6) is 0.0690. The largest absolute Gasteiger partial charge is 0.439 e. The number of aromatic amines is 1. The van der Waals surface area contributed by atoms with Crippen molar-refractivity contribution in [3.8, 4) is 11.4 Å². The Hall–Kier alpha value is -2.63. The van der Waals surface area contributed by atoms with Crippen LogP contribution in [0.3, 0.4) is 0 Å². The van der Waals surface area contributed by atoms with E-state index in [1.54, 1.807) is 24.3 Å². The Morgan fingerprint density at radius 3 is 2.50 bits per heavy atom. The van der Waals surface area contributed by atoms with Crippen LogP contribution in [0.25, 0.3) is 11.4 Å². The smallest absolute Gasteiger partial charge is 0.326 e. The number of carbonyl (C=O) groups excluding carboxylic acids is 1. The van der Waals surface area contributed by atoms with Gasteiger partial charge in [-0.25, -0.2) is 4.79 Å². The van der Waals surface area contributed by atoms with Gasteiger partial charge in [0.05, 0.1) is 5.92 Å². The van der Waals surface area contributed by atoms with Crippen molar-refractivity contribution in [2.45, 2.75) is 27.7 Å². The van der Waals surface area contributed by atoms with E-state index in [0.29, 0.717) is 17.1 Å². The summed E-state index contributed by atoms with van der Waals surface area (Å²) in [7, 11) is 0. The summed E-state index contributed by atoms with van der Waals surface area (Å²) in [6, 6.07) is 7.11. The number of nitrogens with one attached hydrogen (secondary N) is 2. The van der Waals surface area contributed by atoms with E-state index in [-0.39, 0.29) is 23.2 Å². The molecule has 1 aromatic carbocycles. The Bertz CT molecular complexity index is 839. The van der Waals surface area contributed by atoms with Crippen LogP contribution in [0.5, 0.6) is 0 Å². The van der Waals surface area contributed by atoms with Gasteiger partial charge in [0.1, 0.15) is 0 Å². The Balaban J connectivity index is 1.69. The predicted molar refractivity (Wildman–Crippen MR) is 91.4 cm³/mol. The summed E-state index contributed by atoms with van der Waals surface area (Å²) in [5.41, 5.74) is 2.65. The van der Waals surface area contributed by atoms with Crippen molar-refractivity contribution in [3.05, 3.63) is 46.5 Å². The van der Waals surface area contributed by atoms with Crippen LogP contribution < -0.4 is 11.1 Å². The lowest BCUT2D eigenvalue weighted by atomic mass is 10.1. The van der Waals surface area contributed by atoms with Crippen LogP contribution in [-0.4, -0.2) is 16.0 Å². The maximum absolute atomic E-state index is 12.5. The summed E-state index contributed by atoms with van der Waals surface area (Å²) in [6.45, 7) is 8.34. The lowest BCUT2D eigenvalue weighted by Gasteiger charge is -2.06. The van der Waals surface area contributed by atoms with Gasteiger partial charge >= 0.3 is 5.76 Å². The van der Waals surface area contributed by atoms with Crippen LogP contribution in [0.1, 0.15) is 27.7 Å². The molecule has 0 unspecified atom stereocenters. The van der Waals surface area contributed by atoms with Crippen LogP contribution in [0, 0.1) is 17.3 Å².